The molecule has 1 rings (SSSR count). The van der Waals surface area contributed by atoms with Gasteiger partial charge in [-0.05, 0) is 45.2 Å². The Morgan fingerprint density at radius 3 is 2.47 bits per heavy atom. The molecular weight excluding hydrogens is 444 g/mol. The number of methoxy groups -OCH3 is 1. The van der Waals surface area contributed by atoms with Crippen LogP contribution in [-0.4, -0.2) is 19.0 Å². The Hall–Kier alpha value is 0.100. The van der Waals surface area contributed by atoms with Crippen LogP contribution in [0.4, 0.5) is 5.00 Å². The predicted octanol–water partition coefficient (Wildman–Crippen LogP) is 2.70. The molecule has 15 heavy (non-hydrogen) atoms. The van der Waals surface area contributed by atoms with Crippen LogP contribution in [0.2, 0.25) is 0 Å². The third kappa shape index (κ3) is 3.03. The van der Waals surface area contributed by atoms with Gasteiger partial charge in [-0.2, -0.15) is 0 Å². The number of amides is 1. The first-order valence-corrected chi connectivity index (χ1v) is 6.78. The van der Waals surface area contributed by atoms with E-state index in [2.05, 4.69) is 55.2 Å². The summed E-state index contributed by atoms with van der Waals surface area (Å²) in [7, 11) is 1.32. The molecule has 0 atom stereocenters. The molecule has 82 valence electrons. The second-order valence-electron chi connectivity index (χ2n) is 2.57. The first-order chi connectivity index (χ1) is 6.97. The fourth-order valence-electron chi connectivity index (χ4n) is 0.916. The number of hydrogen-bond donors (Lipinski definition) is 1. The minimum absolute atomic E-state index is 0.200. The van der Waals surface area contributed by atoms with E-state index in [0.29, 0.717) is 10.6 Å². The number of anilines is 1. The van der Waals surface area contributed by atoms with Crippen molar-refractivity contribution in [1.82, 2.24) is 0 Å². The summed E-state index contributed by atoms with van der Waals surface area (Å²) in [5, 5.41) is 3.16. The molecule has 0 aliphatic heterocycles. The lowest BCUT2D eigenvalue weighted by Gasteiger charge is -2.02. The van der Waals surface area contributed by atoms with Crippen LogP contribution in [0, 0.1) is 6.45 Å². The van der Waals surface area contributed by atoms with Crippen molar-refractivity contribution in [2.45, 2.75) is 6.92 Å². The maximum atomic E-state index is 11.5. The highest BCUT2D eigenvalue weighted by Gasteiger charge is 2.22. The number of carbonyl (C=O) groups is 2. The summed E-state index contributed by atoms with van der Waals surface area (Å²) in [4.78, 5) is 22.4. The lowest BCUT2D eigenvalue weighted by Crippen LogP contribution is -2.10. The van der Waals surface area contributed by atoms with Crippen LogP contribution < -0.4 is 5.32 Å². The highest BCUT2D eigenvalue weighted by Crippen LogP contribution is 2.35. The molecule has 0 aromatic carbocycles. The van der Waals surface area contributed by atoms with Crippen LogP contribution in [0.15, 0.2) is 0 Å². The molecule has 1 aromatic heterocycles. The Labute approximate surface area is 118 Å². The number of halogens is 2. The van der Waals surface area contributed by atoms with Gasteiger partial charge in [0.05, 0.1) is 13.6 Å². The fourth-order valence-corrected chi connectivity index (χ4v) is 3.70. The molecule has 0 spiro atoms. The van der Waals surface area contributed by atoms with E-state index in [1.807, 2.05) is 0 Å². The van der Waals surface area contributed by atoms with Crippen LogP contribution in [-0.2, 0) is 9.53 Å². The number of ether oxygens (including phenoxy) is 1. The van der Waals surface area contributed by atoms with Crippen molar-refractivity contribution in [2.75, 3.05) is 12.4 Å². The van der Waals surface area contributed by atoms with Crippen LogP contribution >= 0.6 is 56.5 Å². The molecule has 0 saturated carbocycles. The van der Waals surface area contributed by atoms with Gasteiger partial charge in [0.2, 0.25) is 5.91 Å². The number of carbonyl (C=O) groups excluding carboxylic acids is 2. The summed E-state index contributed by atoms with van der Waals surface area (Å²) in [5.74, 6) is -0.628. The second kappa shape index (κ2) is 5.43. The minimum atomic E-state index is -0.428. The average Bonchev–Trinajstić information content (AvgIpc) is 2.41. The summed E-state index contributed by atoms with van der Waals surface area (Å²) < 4.78 is 6.43. The summed E-state index contributed by atoms with van der Waals surface area (Å²) in [5.41, 5.74) is 0.433. The molecule has 4 nitrogen and oxygen atoms in total. The van der Waals surface area contributed by atoms with Gasteiger partial charge in [0.15, 0.2) is 0 Å². The fraction of sp³-hybridized carbons (Fsp3) is 0.250. The zero-order chi connectivity index (χ0) is 11.6. The van der Waals surface area contributed by atoms with Gasteiger partial charge in [0, 0.05) is 6.92 Å². The zero-order valence-corrected chi connectivity index (χ0v) is 13.0. The topological polar surface area (TPSA) is 55.4 Å². The Balaban J connectivity index is 3.20. The number of nitrogens with one attached hydrogen (secondary N) is 1. The van der Waals surface area contributed by atoms with Gasteiger partial charge < -0.3 is 10.1 Å². The molecule has 0 aliphatic rings. The van der Waals surface area contributed by atoms with Crippen molar-refractivity contribution < 1.29 is 14.3 Å². The van der Waals surface area contributed by atoms with E-state index in [-0.39, 0.29) is 5.91 Å². The quantitative estimate of drug-likeness (QED) is 0.556. The molecule has 0 saturated heterocycles. The maximum absolute atomic E-state index is 11.5. The van der Waals surface area contributed by atoms with Crippen molar-refractivity contribution >= 4 is 73.4 Å². The van der Waals surface area contributed by atoms with Crippen LogP contribution in [0.3, 0.4) is 0 Å². The van der Waals surface area contributed by atoms with E-state index in [1.165, 1.54) is 25.4 Å². The van der Waals surface area contributed by atoms with Gasteiger partial charge in [0.25, 0.3) is 0 Å². The van der Waals surface area contributed by atoms with Crippen molar-refractivity contribution in [3.8, 4) is 0 Å². The van der Waals surface area contributed by atoms with Crippen LogP contribution in [0.25, 0.3) is 0 Å². The summed E-state index contributed by atoms with van der Waals surface area (Å²) >= 11 is 5.54. The molecule has 1 N–H and O–H groups in total. The Bertz CT molecular complexity index is 416. The van der Waals surface area contributed by atoms with E-state index >= 15 is 0 Å². The third-order valence-corrected chi connectivity index (χ3v) is 6.06. The average molecular weight is 451 g/mol. The summed E-state index contributed by atoms with van der Waals surface area (Å²) in [6.45, 7) is 1.40. The number of esters is 1. The van der Waals surface area contributed by atoms with Crippen molar-refractivity contribution in [2.24, 2.45) is 0 Å². The Morgan fingerprint density at radius 1 is 1.40 bits per heavy atom. The number of thiophene rings is 1. The van der Waals surface area contributed by atoms with Gasteiger partial charge in [-0.3, -0.25) is 4.79 Å². The van der Waals surface area contributed by atoms with Crippen LogP contribution in [0.5, 0.6) is 0 Å². The van der Waals surface area contributed by atoms with Gasteiger partial charge in [-0.15, -0.1) is 11.3 Å². The smallest absolute Gasteiger partial charge is 0.342 e. The first kappa shape index (κ1) is 13.2. The molecule has 1 amide bonds. The Kier molecular flexibility index (Phi) is 4.77. The maximum Gasteiger partial charge on any atom is 0.342 e. The predicted molar refractivity (Wildman–Crippen MR) is 75.4 cm³/mol. The second-order valence-corrected chi connectivity index (χ2v) is 6.48. The summed E-state index contributed by atoms with van der Waals surface area (Å²) in [6, 6.07) is 0. The van der Waals surface area contributed by atoms with E-state index in [4.69, 9.17) is 0 Å². The highest BCUT2D eigenvalue weighted by molar-refractivity contribution is 14.1. The number of rotatable bonds is 2. The van der Waals surface area contributed by atoms with Gasteiger partial charge in [-0.1, -0.05) is 0 Å². The standard InChI is InChI=1S/C8H7I2NO3S/c1-3(12)11-7-4(8(13)14-2)5(9)6(10)15-7/h1-2H3,(H,11,12). The van der Waals surface area contributed by atoms with Crippen molar-refractivity contribution in [1.29, 1.82) is 0 Å². The summed E-state index contributed by atoms with van der Waals surface area (Å²) in [6.07, 6.45) is 0. The van der Waals surface area contributed by atoms with Gasteiger partial charge >= 0.3 is 5.97 Å². The zero-order valence-electron chi connectivity index (χ0n) is 7.89. The first-order valence-electron chi connectivity index (χ1n) is 3.81. The van der Waals surface area contributed by atoms with Crippen molar-refractivity contribution in [3.63, 3.8) is 0 Å². The third-order valence-electron chi connectivity index (χ3n) is 1.49. The molecule has 7 heteroatoms. The molecule has 0 fully saturated rings. The highest BCUT2D eigenvalue weighted by atomic mass is 127. The molecule has 0 bridgehead atoms. The molecule has 0 unspecified atom stereocenters. The molecular formula is C8H7I2NO3S. The van der Waals surface area contributed by atoms with E-state index in [9.17, 15) is 9.59 Å². The SMILES string of the molecule is COC(=O)c1c(NC(C)=O)sc(I)c1I. The van der Waals surface area contributed by atoms with Crippen molar-refractivity contribution in [3.05, 3.63) is 12.0 Å². The minimum Gasteiger partial charge on any atom is -0.465 e. The monoisotopic (exact) mass is 451 g/mol. The van der Waals surface area contributed by atoms with E-state index in [1.54, 1.807) is 0 Å². The lowest BCUT2D eigenvalue weighted by atomic mass is 10.3. The van der Waals surface area contributed by atoms with Crippen LogP contribution in [0.1, 0.15) is 17.3 Å². The van der Waals surface area contributed by atoms with E-state index < -0.39 is 5.97 Å². The Morgan fingerprint density at radius 2 is 2.00 bits per heavy atom. The normalized spacial score (nSPS) is 9.87. The van der Waals surface area contributed by atoms with Gasteiger partial charge in [0.1, 0.15) is 10.6 Å². The molecule has 1 heterocycles. The lowest BCUT2D eigenvalue weighted by molar-refractivity contribution is -0.114. The molecule has 0 aliphatic carbocycles. The molecule has 0 radical (unpaired) electrons. The van der Waals surface area contributed by atoms with Gasteiger partial charge in [-0.25, -0.2) is 4.79 Å². The van der Waals surface area contributed by atoms with E-state index in [0.717, 1.165) is 6.45 Å². The number of hydrogen-bond acceptors (Lipinski definition) is 4. The molecule has 1 aromatic rings. The largest absolute Gasteiger partial charge is 0.465 e.